The van der Waals surface area contributed by atoms with Crippen molar-refractivity contribution in [1.82, 2.24) is 0 Å². The van der Waals surface area contributed by atoms with Gasteiger partial charge in [-0.25, -0.2) is 0 Å². The van der Waals surface area contributed by atoms with Crippen LogP contribution >= 0.6 is 0 Å². The third-order valence-electron chi connectivity index (χ3n) is 3.87. The monoisotopic (exact) mass is 231 g/mol. The highest BCUT2D eigenvalue weighted by Crippen LogP contribution is 2.38. The number of para-hydroxylation sites is 1. The molecule has 94 valence electrons. The first-order valence-corrected chi connectivity index (χ1v) is 6.87. The lowest BCUT2D eigenvalue weighted by molar-refractivity contribution is 0.236. The molecule has 1 aliphatic heterocycles. The van der Waals surface area contributed by atoms with Gasteiger partial charge in [0.25, 0.3) is 0 Å². The van der Waals surface area contributed by atoms with Crippen LogP contribution in [0, 0.1) is 11.3 Å². The molecule has 1 aliphatic rings. The maximum Gasteiger partial charge on any atom is 0.0375 e. The molecule has 0 radical (unpaired) electrons. The minimum Gasteiger partial charge on any atom is -0.381 e. The van der Waals surface area contributed by atoms with Gasteiger partial charge in [-0.3, -0.25) is 0 Å². The second-order valence-corrected chi connectivity index (χ2v) is 6.40. The van der Waals surface area contributed by atoms with E-state index in [1.807, 2.05) is 0 Å². The summed E-state index contributed by atoms with van der Waals surface area (Å²) in [5, 5.41) is 3.77. The fourth-order valence-electron chi connectivity index (χ4n) is 3.09. The summed E-state index contributed by atoms with van der Waals surface area (Å²) in [7, 11) is 0. The fraction of sp³-hybridized carbons (Fsp3) is 0.625. The van der Waals surface area contributed by atoms with Crippen LogP contribution in [0.2, 0.25) is 0 Å². The van der Waals surface area contributed by atoms with Crippen LogP contribution in [0.15, 0.2) is 24.3 Å². The molecule has 0 bridgehead atoms. The van der Waals surface area contributed by atoms with Gasteiger partial charge in [0.2, 0.25) is 0 Å². The van der Waals surface area contributed by atoms with Crippen LogP contribution in [0.25, 0.3) is 0 Å². The van der Waals surface area contributed by atoms with Crippen molar-refractivity contribution in [2.24, 2.45) is 11.3 Å². The zero-order chi connectivity index (χ0) is 12.5. The Morgan fingerprint density at radius 1 is 1.24 bits per heavy atom. The normalized spacial score (nSPS) is 24.0. The Morgan fingerprint density at radius 3 is 2.59 bits per heavy atom. The first-order chi connectivity index (χ1) is 8.02. The zero-order valence-electron chi connectivity index (χ0n) is 11.6. The second kappa shape index (κ2) is 4.72. The molecule has 1 aromatic rings. The Balaban J connectivity index is 2.28. The van der Waals surface area contributed by atoms with Gasteiger partial charge in [-0.2, -0.15) is 0 Å². The molecule has 2 rings (SSSR count). The van der Waals surface area contributed by atoms with Gasteiger partial charge in [0, 0.05) is 11.7 Å². The highest BCUT2D eigenvalue weighted by molar-refractivity contribution is 5.54. The van der Waals surface area contributed by atoms with Crippen molar-refractivity contribution >= 4 is 5.69 Å². The van der Waals surface area contributed by atoms with Gasteiger partial charge in [-0.05, 0) is 35.8 Å². The van der Waals surface area contributed by atoms with Crippen molar-refractivity contribution in [3.8, 4) is 0 Å². The van der Waals surface area contributed by atoms with Gasteiger partial charge in [-0.1, -0.05) is 52.3 Å². The fourth-order valence-corrected chi connectivity index (χ4v) is 3.09. The van der Waals surface area contributed by atoms with Gasteiger partial charge in [0.1, 0.15) is 0 Å². The molecule has 1 N–H and O–H groups in total. The topological polar surface area (TPSA) is 12.0 Å². The average molecular weight is 231 g/mol. The van der Waals surface area contributed by atoms with Crippen molar-refractivity contribution in [1.29, 1.82) is 0 Å². The summed E-state index contributed by atoms with van der Waals surface area (Å²) in [6.07, 6.45) is 3.84. The van der Waals surface area contributed by atoms with Crippen LogP contribution in [0.4, 0.5) is 5.69 Å². The van der Waals surface area contributed by atoms with E-state index in [0.717, 1.165) is 5.92 Å². The summed E-state index contributed by atoms with van der Waals surface area (Å²) < 4.78 is 0. The quantitative estimate of drug-likeness (QED) is 0.791. The number of anilines is 1. The molecule has 0 aromatic heterocycles. The molecule has 1 heteroatoms. The maximum atomic E-state index is 3.77. The second-order valence-electron chi connectivity index (χ2n) is 6.40. The smallest absolute Gasteiger partial charge is 0.0375 e. The van der Waals surface area contributed by atoms with E-state index < -0.39 is 0 Å². The summed E-state index contributed by atoms with van der Waals surface area (Å²) in [5.41, 5.74) is 3.17. The van der Waals surface area contributed by atoms with Crippen LogP contribution in [-0.2, 0) is 6.42 Å². The SMILES string of the molecule is CCCC1Cc2ccccc2N[C@@H]1C(C)(C)C. The molecule has 0 amide bonds. The van der Waals surface area contributed by atoms with Gasteiger partial charge in [0.15, 0.2) is 0 Å². The minimum atomic E-state index is 0.327. The van der Waals surface area contributed by atoms with E-state index in [1.165, 1.54) is 30.5 Å². The molecule has 0 aliphatic carbocycles. The van der Waals surface area contributed by atoms with E-state index in [4.69, 9.17) is 0 Å². The minimum absolute atomic E-state index is 0.327. The molecule has 17 heavy (non-hydrogen) atoms. The largest absolute Gasteiger partial charge is 0.381 e. The van der Waals surface area contributed by atoms with Crippen LogP contribution < -0.4 is 5.32 Å². The Kier molecular flexibility index (Phi) is 3.46. The molecule has 1 heterocycles. The lowest BCUT2D eigenvalue weighted by Gasteiger charge is -2.42. The van der Waals surface area contributed by atoms with Gasteiger partial charge < -0.3 is 5.32 Å². The van der Waals surface area contributed by atoms with Crippen LogP contribution in [-0.4, -0.2) is 6.04 Å². The van der Waals surface area contributed by atoms with Crippen molar-refractivity contribution in [2.45, 2.75) is 53.0 Å². The molecule has 2 atom stereocenters. The summed E-state index contributed by atoms with van der Waals surface area (Å²) >= 11 is 0. The lowest BCUT2D eigenvalue weighted by atomic mass is 9.72. The first-order valence-electron chi connectivity index (χ1n) is 6.87. The van der Waals surface area contributed by atoms with E-state index in [2.05, 4.69) is 57.3 Å². The number of hydrogen-bond acceptors (Lipinski definition) is 1. The standard InChI is InChI=1S/C16H25N/c1-5-8-13-11-12-9-6-7-10-14(12)17-15(13)16(2,3)4/h6-7,9-10,13,15,17H,5,8,11H2,1-4H3/t13?,15-/m0/s1. The molecule has 0 spiro atoms. The Hall–Kier alpha value is -0.980. The number of rotatable bonds is 2. The molecule has 1 aromatic carbocycles. The predicted octanol–water partition coefficient (Wildman–Crippen LogP) is 4.49. The van der Waals surface area contributed by atoms with E-state index in [0.29, 0.717) is 11.5 Å². The van der Waals surface area contributed by atoms with Crippen molar-refractivity contribution in [3.63, 3.8) is 0 Å². The first kappa shape index (κ1) is 12.5. The molecular weight excluding hydrogens is 206 g/mol. The maximum absolute atomic E-state index is 3.77. The predicted molar refractivity (Wildman–Crippen MR) is 75.4 cm³/mol. The Bertz CT molecular complexity index is 375. The molecule has 0 saturated carbocycles. The van der Waals surface area contributed by atoms with E-state index in [1.54, 1.807) is 0 Å². The zero-order valence-corrected chi connectivity index (χ0v) is 11.6. The van der Waals surface area contributed by atoms with Crippen LogP contribution in [0.5, 0.6) is 0 Å². The van der Waals surface area contributed by atoms with Gasteiger partial charge >= 0.3 is 0 Å². The lowest BCUT2D eigenvalue weighted by Crippen LogP contribution is -2.44. The van der Waals surface area contributed by atoms with Crippen molar-refractivity contribution in [2.75, 3.05) is 5.32 Å². The van der Waals surface area contributed by atoms with Crippen molar-refractivity contribution < 1.29 is 0 Å². The van der Waals surface area contributed by atoms with E-state index in [9.17, 15) is 0 Å². The Labute approximate surface area is 106 Å². The third-order valence-corrected chi connectivity index (χ3v) is 3.87. The molecule has 1 unspecified atom stereocenters. The van der Waals surface area contributed by atoms with Crippen LogP contribution in [0.3, 0.4) is 0 Å². The van der Waals surface area contributed by atoms with Crippen LogP contribution in [0.1, 0.15) is 46.1 Å². The van der Waals surface area contributed by atoms with E-state index >= 15 is 0 Å². The molecule has 1 nitrogen and oxygen atoms in total. The summed E-state index contributed by atoms with van der Waals surface area (Å²) in [5.74, 6) is 0.773. The van der Waals surface area contributed by atoms with E-state index in [-0.39, 0.29) is 0 Å². The third kappa shape index (κ3) is 2.65. The van der Waals surface area contributed by atoms with Gasteiger partial charge in [-0.15, -0.1) is 0 Å². The molecular formula is C16H25N. The van der Waals surface area contributed by atoms with Gasteiger partial charge in [0.05, 0.1) is 0 Å². The number of hydrogen-bond donors (Lipinski definition) is 1. The highest BCUT2D eigenvalue weighted by atomic mass is 15.0. The Morgan fingerprint density at radius 2 is 1.94 bits per heavy atom. The molecule has 0 fully saturated rings. The molecule has 0 saturated heterocycles. The summed E-state index contributed by atoms with van der Waals surface area (Å²) in [6, 6.07) is 9.37. The summed E-state index contributed by atoms with van der Waals surface area (Å²) in [6.45, 7) is 9.34. The van der Waals surface area contributed by atoms with Crippen molar-refractivity contribution in [3.05, 3.63) is 29.8 Å². The number of nitrogens with one attached hydrogen (secondary N) is 1. The number of benzene rings is 1. The average Bonchev–Trinajstić information content (AvgIpc) is 2.27. The summed E-state index contributed by atoms with van der Waals surface area (Å²) in [4.78, 5) is 0. The highest BCUT2D eigenvalue weighted by Gasteiger charge is 2.35. The number of fused-ring (bicyclic) bond motifs is 1.